The van der Waals surface area contributed by atoms with Gasteiger partial charge in [0.25, 0.3) is 11.8 Å². The van der Waals surface area contributed by atoms with Crippen LogP contribution >= 0.6 is 0 Å². The molecule has 0 saturated heterocycles. The summed E-state index contributed by atoms with van der Waals surface area (Å²) in [4.78, 5) is 51.8. The number of carbonyl (C=O) groups is 3. The van der Waals surface area contributed by atoms with Gasteiger partial charge in [0, 0.05) is 68.8 Å². The first-order valence-corrected chi connectivity index (χ1v) is 18.4. The van der Waals surface area contributed by atoms with Crippen molar-refractivity contribution in [2.24, 2.45) is 9.98 Å². The highest BCUT2D eigenvalue weighted by atomic mass is 16.5. The summed E-state index contributed by atoms with van der Waals surface area (Å²) in [5.41, 5.74) is 9.04. The summed E-state index contributed by atoms with van der Waals surface area (Å²) in [5, 5.41) is 2.78. The maximum absolute atomic E-state index is 13.7. The molecule has 0 radical (unpaired) electrons. The number of ether oxygens (including phenoxy) is 3. The predicted molar refractivity (Wildman–Crippen MR) is 213 cm³/mol. The number of methoxy groups -OCH3 is 1. The number of rotatable bonds is 10. The molecule has 0 saturated carbocycles. The third-order valence-corrected chi connectivity index (χ3v) is 10.2. The van der Waals surface area contributed by atoms with Gasteiger partial charge < -0.3 is 29.3 Å². The highest BCUT2D eigenvalue weighted by molar-refractivity contribution is 6.06. The lowest BCUT2D eigenvalue weighted by Gasteiger charge is -2.19. The maximum atomic E-state index is 13.7. The normalized spacial score (nSPS) is 18.0. The minimum absolute atomic E-state index is 0.116. The van der Waals surface area contributed by atoms with Crippen LogP contribution in [0.5, 0.6) is 17.2 Å². The van der Waals surface area contributed by atoms with E-state index in [0.717, 1.165) is 33.5 Å². The van der Waals surface area contributed by atoms with E-state index >= 15 is 0 Å². The molecule has 11 nitrogen and oxygen atoms in total. The Morgan fingerprint density at radius 1 is 0.727 bits per heavy atom. The van der Waals surface area contributed by atoms with Crippen molar-refractivity contribution in [1.29, 1.82) is 0 Å². The first-order chi connectivity index (χ1) is 26.6. The van der Waals surface area contributed by atoms with Crippen LogP contribution in [0.3, 0.4) is 0 Å². The summed E-state index contributed by atoms with van der Waals surface area (Å²) in [7, 11) is 1.55. The number of anilines is 1. The van der Waals surface area contributed by atoms with Gasteiger partial charge in [-0.25, -0.2) is 0 Å². The number of aliphatic imine (C=N–C) groups is 2. The third kappa shape index (κ3) is 7.13. The van der Waals surface area contributed by atoms with Gasteiger partial charge in [-0.05, 0) is 65.9 Å². The molecular formula is C44H41N5O6. The Morgan fingerprint density at radius 2 is 1.25 bits per heavy atom. The Hall–Kier alpha value is -6.49. The van der Waals surface area contributed by atoms with Crippen molar-refractivity contribution < 1.29 is 28.6 Å². The number of benzene rings is 4. The molecule has 4 aliphatic rings. The Labute approximate surface area is 319 Å². The van der Waals surface area contributed by atoms with E-state index in [9.17, 15) is 14.4 Å². The molecule has 4 aromatic carbocycles. The first-order valence-electron chi connectivity index (χ1n) is 18.4. The Balaban J connectivity index is 0.889. The number of fused-ring (bicyclic) bond motifs is 4. The van der Waals surface area contributed by atoms with Crippen LogP contribution in [0.15, 0.2) is 95.2 Å². The van der Waals surface area contributed by atoms with Gasteiger partial charge in [0.1, 0.15) is 5.75 Å². The summed E-state index contributed by atoms with van der Waals surface area (Å²) < 4.78 is 17.9. The van der Waals surface area contributed by atoms with Crippen molar-refractivity contribution in [3.8, 4) is 17.2 Å². The fraction of sp³-hybridized carbons (Fsp3) is 0.250. The predicted octanol–water partition coefficient (Wildman–Crippen LogP) is 8.06. The largest absolute Gasteiger partial charge is 0.493 e. The number of aryl methyl sites for hydroxylation is 2. The summed E-state index contributed by atoms with van der Waals surface area (Å²) >= 11 is 0. The zero-order valence-corrected chi connectivity index (χ0v) is 31.2. The van der Waals surface area contributed by atoms with E-state index in [1.54, 1.807) is 29.0 Å². The van der Waals surface area contributed by atoms with Gasteiger partial charge in [0.15, 0.2) is 11.5 Å². The Bertz CT molecular complexity index is 2330. The maximum Gasteiger partial charge on any atom is 0.260 e. The fourth-order valence-corrected chi connectivity index (χ4v) is 7.32. The molecule has 0 aliphatic carbocycles. The second kappa shape index (κ2) is 14.7. The van der Waals surface area contributed by atoms with Gasteiger partial charge in [-0.15, -0.1) is 0 Å². The molecule has 11 heteroatoms. The SMILES string of the molecule is COc1cc2c(cc1OCCCOc1cc3c(cc1C)C(=O)N1C=C(c4ccc(NC(C)=O)cc4)C[C@H]1C=N3)N=C[C@@H]1CC(c3ccc(C)cc3)=CN1C2=O. The van der Waals surface area contributed by atoms with Gasteiger partial charge in [0.2, 0.25) is 5.91 Å². The number of carbonyl (C=O) groups excluding carboxylic acids is 3. The van der Waals surface area contributed by atoms with Crippen molar-refractivity contribution in [2.75, 3.05) is 25.6 Å². The number of nitrogens with zero attached hydrogens (tertiary/aromatic N) is 4. The van der Waals surface area contributed by atoms with Gasteiger partial charge in [-0.3, -0.25) is 24.4 Å². The van der Waals surface area contributed by atoms with Crippen LogP contribution in [-0.4, -0.2) is 72.4 Å². The number of amides is 3. The molecule has 4 aliphatic heterocycles. The fourth-order valence-electron chi connectivity index (χ4n) is 7.32. The average molecular weight is 736 g/mol. The van der Waals surface area contributed by atoms with Crippen LogP contribution in [0.2, 0.25) is 0 Å². The van der Waals surface area contributed by atoms with Gasteiger partial charge >= 0.3 is 0 Å². The van der Waals surface area contributed by atoms with Crippen LogP contribution in [0.4, 0.5) is 17.1 Å². The van der Waals surface area contributed by atoms with Gasteiger partial charge in [-0.2, -0.15) is 0 Å². The average Bonchev–Trinajstić information content (AvgIpc) is 3.76. The summed E-state index contributed by atoms with van der Waals surface area (Å²) in [6, 6.07) is 22.7. The molecule has 0 aromatic heterocycles. The lowest BCUT2D eigenvalue weighted by Crippen LogP contribution is -2.32. The second-order valence-corrected chi connectivity index (χ2v) is 14.2. The van der Waals surface area contributed by atoms with Crippen molar-refractivity contribution in [1.82, 2.24) is 9.80 Å². The van der Waals surface area contributed by atoms with E-state index in [4.69, 9.17) is 24.2 Å². The first kappa shape index (κ1) is 35.5. The molecule has 0 fully saturated rings. The molecule has 4 heterocycles. The van der Waals surface area contributed by atoms with Crippen molar-refractivity contribution in [3.05, 3.63) is 119 Å². The lowest BCUT2D eigenvalue weighted by molar-refractivity contribution is -0.114. The number of hydrogen-bond donors (Lipinski definition) is 1. The van der Waals surface area contributed by atoms with E-state index in [1.807, 2.05) is 68.2 Å². The van der Waals surface area contributed by atoms with Gasteiger partial charge in [-0.1, -0.05) is 42.0 Å². The Morgan fingerprint density at radius 3 is 1.82 bits per heavy atom. The molecule has 55 heavy (non-hydrogen) atoms. The molecule has 278 valence electrons. The van der Waals surface area contributed by atoms with E-state index in [-0.39, 0.29) is 29.8 Å². The monoisotopic (exact) mass is 735 g/mol. The highest BCUT2D eigenvalue weighted by Crippen LogP contribution is 2.41. The highest BCUT2D eigenvalue weighted by Gasteiger charge is 2.35. The quantitative estimate of drug-likeness (QED) is 0.165. The lowest BCUT2D eigenvalue weighted by atomic mass is 10.0. The minimum atomic E-state index is -0.202. The van der Waals surface area contributed by atoms with Crippen molar-refractivity contribution in [2.45, 2.75) is 52.1 Å². The molecule has 2 atom stereocenters. The van der Waals surface area contributed by atoms with Crippen LogP contribution in [0.25, 0.3) is 11.1 Å². The summed E-state index contributed by atoms with van der Waals surface area (Å²) in [5.74, 6) is 1.23. The van der Waals surface area contributed by atoms with E-state index in [0.29, 0.717) is 72.2 Å². The summed E-state index contributed by atoms with van der Waals surface area (Å²) in [6.45, 7) is 6.16. The molecule has 1 N–H and O–H groups in total. The molecule has 3 amide bonds. The molecule has 4 aromatic rings. The zero-order chi connectivity index (χ0) is 38.2. The molecule has 0 unspecified atom stereocenters. The zero-order valence-electron chi connectivity index (χ0n) is 31.2. The molecular weight excluding hydrogens is 695 g/mol. The van der Waals surface area contributed by atoms with E-state index < -0.39 is 0 Å². The number of nitrogens with one attached hydrogen (secondary N) is 1. The standard InChI is InChI=1S/C44H41N5O6/c1-26-6-8-29(9-7-26)31-17-35-23-46-39-21-42(41(53-4)19-37(39)44(52)49(35)24-31)55-15-5-14-54-40-20-38-36(16-27(40)2)43(51)48-25-32(18-34(48)22-45-38)30-10-12-33(13-11-30)47-28(3)50/h6-13,16,19-25,34-35H,5,14-15,17-18H2,1-4H3,(H,47,50)/t34-,35-/m0/s1. The molecule has 0 spiro atoms. The molecule has 8 rings (SSSR count). The number of hydrogen-bond acceptors (Lipinski definition) is 8. The molecule has 0 bridgehead atoms. The third-order valence-electron chi connectivity index (χ3n) is 10.2. The van der Waals surface area contributed by atoms with E-state index in [1.165, 1.54) is 12.5 Å². The van der Waals surface area contributed by atoms with Crippen LogP contribution in [0.1, 0.15) is 69.2 Å². The topological polar surface area (TPSA) is 122 Å². The second-order valence-electron chi connectivity index (χ2n) is 14.2. The van der Waals surface area contributed by atoms with E-state index in [2.05, 4.69) is 36.5 Å². The van der Waals surface area contributed by atoms with Crippen LogP contribution in [0, 0.1) is 13.8 Å². The van der Waals surface area contributed by atoms with Gasteiger partial charge in [0.05, 0.1) is 54.9 Å². The van der Waals surface area contributed by atoms with Crippen LogP contribution < -0.4 is 19.5 Å². The smallest absolute Gasteiger partial charge is 0.260 e. The Kier molecular flexibility index (Phi) is 9.52. The van der Waals surface area contributed by atoms with Crippen molar-refractivity contribution in [3.63, 3.8) is 0 Å². The minimum Gasteiger partial charge on any atom is -0.493 e. The van der Waals surface area contributed by atoms with Crippen molar-refractivity contribution >= 4 is 58.4 Å². The summed E-state index contributed by atoms with van der Waals surface area (Å²) in [6.07, 6.45) is 9.37. The van der Waals surface area contributed by atoms with Crippen LogP contribution in [-0.2, 0) is 4.79 Å².